The number of amides is 5. The third kappa shape index (κ3) is 3.80. The molecule has 0 saturated carbocycles. The summed E-state index contributed by atoms with van der Waals surface area (Å²) in [7, 11) is 0. The zero-order chi connectivity index (χ0) is 21.3. The Morgan fingerprint density at radius 2 is 1.93 bits per heavy atom. The first kappa shape index (κ1) is 20.1. The summed E-state index contributed by atoms with van der Waals surface area (Å²) >= 11 is 1.42. The van der Waals surface area contributed by atoms with Crippen molar-refractivity contribution in [3.63, 3.8) is 0 Å². The lowest BCUT2D eigenvalue weighted by molar-refractivity contribution is -0.123. The molecule has 30 heavy (non-hydrogen) atoms. The van der Waals surface area contributed by atoms with Crippen LogP contribution in [0.25, 0.3) is 0 Å². The van der Waals surface area contributed by atoms with E-state index in [9.17, 15) is 19.2 Å². The van der Waals surface area contributed by atoms with Crippen LogP contribution in [0.5, 0.6) is 0 Å². The molecule has 1 aromatic carbocycles. The number of carbonyl (C=O) groups excluding carboxylic acids is 4. The smallest absolute Gasteiger partial charge is 0.322 e. The van der Waals surface area contributed by atoms with E-state index in [4.69, 9.17) is 0 Å². The normalized spacial score (nSPS) is 21.8. The Labute approximate surface area is 177 Å². The number of thiophene rings is 1. The molecule has 0 unspecified atom stereocenters. The number of hydrogen-bond donors (Lipinski definition) is 3. The summed E-state index contributed by atoms with van der Waals surface area (Å²) in [5.41, 5.74) is -0.0320. The van der Waals surface area contributed by atoms with Crippen molar-refractivity contribution >= 4 is 40.8 Å². The molecular weight excluding hydrogens is 404 g/mol. The topological polar surface area (TPSA) is 108 Å². The molecule has 8 nitrogen and oxygen atoms in total. The third-order valence-electron chi connectivity index (χ3n) is 5.64. The number of benzene rings is 1. The fourth-order valence-electron chi connectivity index (χ4n) is 3.80. The highest BCUT2D eigenvalue weighted by Crippen LogP contribution is 2.27. The monoisotopic (exact) mass is 426 g/mol. The van der Waals surface area contributed by atoms with E-state index in [1.165, 1.54) is 11.3 Å². The zero-order valence-corrected chi connectivity index (χ0v) is 17.3. The summed E-state index contributed by atoms with van der Waals surface area (Å²) in [5, 5.41) is 9.63. The van der Waals surface area contributed by atoms with E-state index in [-0.39, 0.29) is 17.7 Å². The summed E-state index contributed by atoms with van der Waals surface area (Å²) in [6.07, 6.45) is 1.19. The molecule has 3 N–H and O–H groups in total. The van der Waals surface area contributed by atoms with E-state index >= 15 is 0 Å². The first-order valence-corrected chi connectivity index (χ1v) is 10.6. The van der Waals surface area contributed by atoms with Crippen LogP contribution in [0, 0.1) is 5.92 Å². The van der Waals surface area contributed by atoms with Crippen LogP contribution in [0.1, 0.15) is 35.0 Å². The highest BCUT2D eigenvalue weighted by atomic mass is 32.1. The van der Waals surface area contributed by atoms with Crippen molar-refractivity contribution in [1.29, 1.82) is 0 Å². The average Bonchev–Trinajstić information content (AvgIpc) is 3.36. The lowest BCUT2D eigenvalue weighted by Crippen LogP contribution is -2.41. The van der Waals surface area contributed by atoms with Crippen molar-refractivity contribution in [3.8, 4) is 0 Å². The van der Waals surface area contributed by atoms with Crippen molar-refractivity contribution in [1.82, 2.24) is 15.5 Å². The van der Waals surface area contributed by atoms with Gasteiger partial charge >= 0.3 is 6.03 Å². The van der Waals surface area contributed by atoms with E-state index in [1.54, 1.807) is 36.1 Å². The number of likely N-dealkylation sites (tertiary alicyclic amines) is 1. The predicted octanol–water partition coefficient (Wildman–Crippen LogP) is 2.29. The first-order valence-electron chi connectivity index (χ1n) is 9.74. The molecule has 5 amide bonds. The molecular formula is C21H22N4O4S. The number of rotatable bonds is 4. The molecule has 0 spiro atoms. The Hall–Kier alpha value is -3.20. The average molecular weight is 426 g/mol. The molecule has 2 saturated heterocycles. The standard InChI is InChI=1S/C21H22N4O4S/c1-21(19(28)23-20(29)24-21)14-4-2-5-15(12-14)22-17(26)13-7-9-25(10-8-13)18(27)16-6-3-11-30-16/h2-6,11-13H,7-10H2,1H3,(H,22,26)(H2,23,24,28,29)/t21-/m1/s1. The number of nitrogens with zero attached hydrogens (tertiary/aromatic N) is 1. The van der Waals surface area contributed by atoms with Gasteiger partial charge in [-0.05, 0) is 48.9 Å². The van der Waals surface area contributed by atoms with E-state index in [0.717, 1.165) is 0 Å². The zero-order valence-electron chi connectivity index (χ0n) is 16.4. The molecule has 0 bridgehead atoms. The van der Waals surface area contributed by atoms with Gasteiger partial charge in [-0.3, -0.25) is 19.7 Å². The van der Waals surface area contributed by atoms with Gasteiger partial charge in [-0.1, -0.05) is 18.2 Å². The molecule has 2 aliphatic rings. The van der Waals surface area contributed by atoms with E-state index in [2.05, 4.69) is 16.0 Å². The molecule has 2 aliphatic heterocycles. The van der Waals surface area contributed by atoms with Gasteiger partial charge in [0.05, 0.1) is 4.88 Å². The first-order chi connectivity index (χ1) is 14.4. The number of urea groups is 1. The lowest BCUT2D eigenvalue weighted by Gasteiger charge is -2.31. The minimum atomic E-state index is -1.18. The number of carbonyl (C=O) groups is 4. The minimum Gasteiger partial charge on any atom is -0.338 e. The number of piperidine rings is 1. The van der Waals surface area contributed by atoms with Gasteiger partial charge in [0.15, 0.2) is 0 Å². The Morgan fingerprint density at radius 3 is 2.57 bits per heavy atom. The second-order valence-corrected chi connectivity index (χ2v) is 8.59. The number of imide groups is 1. The summed E-state index contributed by atoms with van der Waals surface area (Å²) in [5.74, 6) is -0.716. The quantitative estimate of drug-likeness (QED) is 0.652. The van der Waals surface area contributed by atoms with Crippen LogP contribution in [0.4, 0.5) is 10.5 Å². The SMILES string of the molecule is C[C@]1(c2cccc(NC(=O)C3CCN(C(=O)c4cccs4)CC3)c2)NC(=O)NC1=O. The van der Waals surface area contributed by atoms with E-state index in [1.807, 2.05) is 17.5 Å². The van der Waals surface area contributed by atoms with Crippen LogP contribution < -0.4 is 16.0 Å². The molecule has 1 atom stereocenters. The lowest BCUT2D eigenvalue weighted by atomic mass is 9.91. The van der Waals surface area contributed by atoms with Gasteiger partial charge in [-0.25, -0.2) is 4.79 Å². The Kier molecular flexibility index (Phi) is 5.29. The Balaban J connectivity index is 1.38. The summed E-state index contributed by atoms with van der Waals surface area (Å²) in [4.78, 5) is 51.4. The molecule has 3 heterocycles. The van der Waals surface area contributed by atoms with Crippen molar-refractivity contribution in [2.75, 3.05) is 18.4 Å². The number of nitrogens with one attached hydrogen (secondary N) is 3. The second kappa shape index (κ2) is 7.91. The van der Waals surface area contributed by atoms with Gasteiger partial charge in [-0.15, -0.1) is 11.3 Å². The van der Waals surface area contributed by atoms with Crippen molar-refractivity contribution in [2.24, 2.45) is 5.92 Å². The van der Waals surface area contributed by atoms with Crippen LogP contribution in [-0.2, 0) is 15.1 Å². The minimum absolute atomic E-state index is 0.0155. The van der Waals surface area contributed by atoms with Crippen LogP contribution >= 0.6 is 11.3 Å². The van der Waals surface area contributed by atoms with Gasteiger partial charge in [0, 0.05) is 24.7 Å². The van der Waals surface area contributed by atoms with Crippen molar-refractivity contribution in [2.45, 2.75) is 25.3 Å². The number of anilines is 1. The van der Waals surface area contributed by atoms with Gasteiger partial charge in [-0.2, -0.15) is 0 Å². The maximum Gasteiger partial charge on any atom is 0.322 e. The van der Waals surface area contributed by atoms with E-state index in [0.29, 0.717) is 42.1 Å². The van der Waals surface area contributed by atoms with Crippen LogP contribution in [0.2, 0.25) is 0 Å². The van der Waals surface area contributed by atoms with Gasteiger partial charge in [0.2, 0.25) is 5.91 Å². The van der Waals surface area contributed by atoms with Gasteiger partial charge < -0.3 is 15.5 Å². The van der Waals surface area contributed by atoms with Crippen molar-refractivity contribution < 1.29 is 19.2 Å². The van der Waals surface area contributed by atoms with Crippen LogP contribution in [0.3, 0.4) is 0 Å². The van der Waals surface area contributed by atoms with E-state index < -0.39 is 17.5 Å². The predicted molar refractivity (Wildman–Crippen MR) is 112 cm³/mol. The molecule has 1 aromatic heterocycles. The molecule has 156 valence electrons. The fraction of sp³-hybridized carbons (Fsp3) is 0.333. The maximum absolute atomic E-state index is 12.7. The molecule has 2 fully saturated rings. The van der Waals surface area contributed by atoms with Crippen molar-refractivity contribution in [3.05, 3.63) is 52.2 Å². The summed E-state index contributed by atoms with van der Waals surface area (Å²) < 4.78 is 0. The Morgan fingerprint density at radius 1 is 1.17 bits per heavy atom. The van der Waals surface area contributed by atoms with Gasteiger partial charge in [0.25, 0.3) is 11.8 Å². The molecule has 2 aromatic rings. The Bertz CT molecular complexity index is 998. The summed E-state index contributed by atoms with van der Waals surface area (Å²) in [6.45, 7) is 2.70. The van der Waals surface area contributed by atoms with Crippen LogP contribution in [0.15, 0.2) is 41.8 Å². The largest absolute Gasteiger partial charge is 0.338 e. The maximum atomic E-state index is 12.7. The second-order valence-electron chi connectivity index (χ2n) is 7.65. The summed E-state index contributed by atoms with van der Waals surface area (Å²) in [6, 6.07) is 10.0. The fourth-order valence-corrected chi connectivity index (χ4v) is 4.49. The molecule has 4 rings (SSSR count). The highest BCUT2D eigenvalue weighted by Gasteiger charge is 2.43. The highest BCUT2D eigenvalue weighted by molar-refractivity contribution is 7.12. The molecule has 9 heteroatoms. The third-order valence-corrected chi connectivity index (χ3v) is 6.49. The van der Waals surface area contributed by atoms with Crippen LogP contribution in [-0.4, -0.2) is 41.7 Å². The molecule has 0 aliphatic carbocycles. The van der Waals surface area contributed by atoms with Gasteiger partial charge in [0.1, 0.15) is 5.54 Å². The molecule has 0 radical (unpaired) electrons. The number of hydrogen-bond acceptors (Lipinski definition) is 5.